The summed E-state index contributed by atoms with van der Waals surface area (Å²) in [6.45, 7) is 1.37. The van der Waals surface area contributed by atoms with Gasteiger partial charge in [0.15, 0.2) is 11.6 Å². The largest absolute Gasteiger partial charge is 0.492 e. The summed E-state index contributed by atoms with van der Waals surface area (Å²) in [6.07, 6.45) is 9.26. The highest BCUT2D eigenvalue weighted by atomic mass is 16.5. The number of rotatable bonds is 9. The molecule has 0 radical (unpaired) electrons. The Balaban J connectivity index is 1.12. The smallest absolute Gasteiger partial charge is 0.254 e. The Morgan fingerprint density at radius 2 is 1.62 bits per heavy atom. The molecule has 0 amide bonds. The summed E-state index contributed by atoms with van der Waals surface area (Å²) in [5.74, 6) is 2.02. The third kappa shape index (κ3) is 5.58. The Kier molecular flexibility index (Phi) is 7.25. The van der Waals surface area contributed by atoms with E-state index in [4.69, 9.17) is 9.72 Å². The number of H-pyrrole nitrogens is 2. The summed E-state index contributed by atoms with van der Waals surface area (Å²) in [5, 5.41) is 0. The lowest BCUT2D eigenvalue weighted by atomic mass is 9.97. The minimum Gasteiger partial charge on any atom is -0.492 e. The summed E-state index contributed by atoms with van der Waals surface area (Å²) in [5.41, 5.74) is 5.57. The summed E-state index contributed by atoms with van der Waals surface area (Å²) in [7, 11) is 4.00. The molecule has 2 N–H and O–H groups in total. The molecule has 4 aromatic heterocycles. The van der Waals surface area contributed by atoms with Gasteiger partial charge >= 0.3 is 0 Å². The number of likely N-dealkylation sites (N-methyl/N-ethyl adjacent to an activating group) is 1. The van der Waals surface area contributed by atoms with E-state index < -0.39 is 0 Å². The third-order valence-corrected chi connectivity index (χ3v) is 7.71. The van der Waals surface area contributed by atoms with Crippen LogP contribution in [-0.4, -0.2) is 62.1 Å². The third-order valence-electron chi connectivity index (χ3n) is 7.71. The van der Waals surface area contributed by atoms with Gasteiger partial charge in [0.05, 0.1) is 11.4 Å². The molecule has 10 heteroatoms. The Morgan fingerprint density at radius 1 is 0.900 bits per heavy atom. The molecule has 6 rings (SSSR count). The van der Waals surface area contributed by atoms with Gasteiger partial charge in [0.25, 0.3) is 11.1 Å². The second kappa shape index (κ2) is 11.1. The lowest BCUT2D eigenvalue weighted by molar-refractivity contribution is 0.261. The number of nitrogens with zero attached hydrogens (tertiary/aromatic N) is 5. The predicted octanol–water partition coefficient (Wildman–Crippen LogP) is 2.75. The van der Waals surface area contributed by atoms with Crippen molar-refractivity contribution in [1.82, 2.24) is 34.8 Å². The van der Waals surface area contributed by atoms with E-state index in [1.807, 2.05) is 38.4 Å². The van der Waals surface area contributed by atoms with Gasteiger partial charge in [-0.3, -0.25) is 19.6 Å². The summed E-state index contributed by atoms with van der Waals surface area (Å²) in [4.78, 5) is 51.7. The molecule has 4 aromatic rings. The molecule has 0 spiro atoms. The Labute approximate surface area is 231 Å². The van der Waals surface area contributed by atoms with Gasteiger partial charge in [0.1, 0.15) is 23.7 Å². The van der Waals surface area contributed by atoms with Crippen LogP contribution in [0, 0.1) is 5.92 Å². The number of hydrogen-bond donors (Lipinski definition) is 2. The van der Waals surface area contributed by atoms with Crippen LogP contribution in [0.25, 0.3) is 23.0 Å². The van der Waals surface area contributed by atoms with Crippen molar-refractivity contribution >= 4 is 0 Å². The van der Waals surface area contributed by atoms with Crippen LogP contribution in [0.1, 0.15) is 40.9 Å². The van der Waals surface area contributed by atoms with Gasteiger partial charge in [0, 0.05) is 36.1 Å². The van der Waals surface area contributed by atoms with Gasteiger partial charge in [-0.15, -0.1) is 0 Å². The van der Waals surface area contributed by atoms with Crippen molar-refractivity contribution < 1.29 is 4.74 Å². The second-order valence-electron chi connectivity index (χ2n) is 10.9. The highest BCUT2D eigenvalue weighted by molar-refractivity contribution is 5.53. The molecular weight excluding hydrogens is 506 g/mol. The minimum atomic E-state index is -0.0962. The van der Waals surface area contributed by atoms with E-state index in [-0.39, 0.29) is 11.1 Å². The van der Waals surface area contributed by atoms with Gasteiger partial charge in [-0.05, 0) is 88.7 Å². The van der Waals surface area contributed by atoms with Crippen LogP contribution >= 0.6 is 0 Å². The van der Waals surface area contributed by atoms with Crippen molar-refractivity contribution in [2.45, 2.75) is 44.9 Å². The highest BCUT2D eigenvalue weighted by Gasteiger charge is 2.26. The number of ether oxygens (including phenoxy) is 1. The number of aromatic amines is 2. The van der Waals surface area contributed by atoms with Crippen molar-refractivity contribution in [2.75, 3.05) is 27.2 Å². The SMILES string of the molecule is CN(C)CCOc1ccnc(-c2nc3c(c(=O)[nH]2)C[C@H](CCc2ccnc(-c4nc5c(c(=O)[nH]4)CCC5)c2)C3)c1. The first-order chi connectivity index (χ1) is 19.4. The quantitative estimate of drug-likeness (QED) is 0.332. The second-order valence-corrected chi connectivity index (χ2v) is 10.9. The van der Waals surface area contributed by atoms with E-state index >= 15 is 0 Å². The van der Waals surface area contributed by atoms with Crippen LogP contribution in [0.5, 0.6) is 5.75 Å². The molecule has 4 heterocycles. The van der Waals surface area contributed by atoms with Crippen LogP contribution in [0.4, 0.5) is 0 Å². The standard InChI is InChI=1S/C30H33N7O3/c1-37(2)12-13-40-20-9-11-32-26(17-20)28-34-24-16-19(14-22(24)30(39)36-28)7-6-18-8-10-31-25(15-18)27-33-23-5-3-4-21(23)29(38)35-27/h8-11,15,17,19H,3-7,12-14,16H2,1-2H3,(H,33,35,38)(H,34,36,39)/t19-/m0/s1. The molecule has 2 aliphatic rings. The number of fused-ring (bicyclic) bond motifs is 2. The molecule has 0 bridgehead atoms. The van der Waals surface area contributed by atoms with E-state index in [0.717, 1.165) is 73.1 Å². The molecule has 10 nitrogen and oxygen atoms in total. The average Bonchev–Trinajstić information content (AvgIpc) is 3.60. The topological polar surface area (TPSA) is 130 Å². The van der Waals surface area contributed by atoms with Gasteiger partial charge < -0.3 is 19.6 Å². The number of pyridine rings is 2. The molecule has 40 heavy (non-hydrogen) atoms. The highest BCUT2D eigenvalue weighted by Crippen LogP contribution is 2.28. The Morgan fingerprint density at radius 3 is 2.42 bits per heavy atom. The van der Waals surface area contributed by atoms with Crippen molar-refractivity contribution in [3.8, 4) is 28.8 Å². The fourth-order valence-corrected chi connectivity index (χ4v) is 5.55. The molecule has 0 unspecified atom stereocenters. The fourth-order valence-electron chi connectivity index (χ4n) is 5.55. The summed E-state index contributed by atoms with van der Waals surface area (Å²) < 4.78 is 5.83. The molecular formula is C30H33N7O3. The maximum absolute atomic E-state index is 13.0. The van der Waals surface area contributed by atoms with E-state index in [1.54, 1.807) is 12.4 Å². The molecule has 206 valence electrons. The molecule has 0 saturated carbocycles. The van der Waals surface area contributed by atoms with E-state index in [0.29, 0.717) is 47.7 Å². The van der Waals surface area contributed by atoms with Gasteiger partial charge in [-0.25, -0.2) is 9.97 Å². The Bertz CT molecular complexity index is 1660. The lowest BCUT2D eigenvalue weighted by Crippen LogP contribution is -2.19. The lowest BCUT2D eigenvalue weighted by Gasteiger charge is -2.11. The van der Waals surface area contributed by atoms with Crippen molar-refractivity contribution in [3.63, 3.8) is 0 Å². The van der Waals surface area contributed by atoms with Crippen LogP contribution in [0.2, 0.25) is 0 Å². The number of aromatic nitrogens is 6. The van der Waals surface area contributed by atoms with Crippen molar-refractivity contribution in [3.05, 3.63) is 85.4 Å². The summed E-state index contributed by atoms with van der Waals surface area (Å²) in [6, 6.07) is 7.63. The first-order valence-corrected chi connectivity index (χ1v) is 13.9. The van der Waals surface area contributed by atoms with Gasteiger partial charge in [0.2, 0.25) is 0 Å². The number of hydrogen-bond acceptors (Lipinski definition) is 8. The molecule has 0 aromatic carbocycles. The monoisotopic (exact) mass is 539 g/mol. The first-order valence-electron chi connectivity index (χ1n) is 13.9. The maximum atomic E-state index is 13.0. The van der Waals surface area contributed by atoms with E-state index in [2.05, 4.69) is 29.8 Å². The normalized spacial score (nSPS) is 15.8. The van der Waals surface area contributed by atoms with Crippen LogP contribution in [0.3, 0.4) is 0 Å². The predicted molar refractivity (Wildman–Crippen MR) is 151 cm³/mol. The number of nitrogens with one attached hydrogen (secondary N) is 2. The van der Waals surface area contributed by atoms with Crippen molar-refractivity contribution in [2.24, 2.45) is 5.92 Å². The first kappa shape index (κ1) is 26.1. The number of aryl methyl sites for hydroxylation is 2. The van der Waals surface area contributed by atoms with Crippen LogP contribution < -0.4 is 15.9 Å². The zero-order valence-corrected chi connectivity index (χ0v) is 22.9. The Hall–Kier alpha value is -4.18. The van der Waals surface area contributed by atoms with Gasteiger partial charge in [-0.2, -0.15) is 0 Å². The fraction of sp³-hybridized carbons (Fsp3) is 0.400. The molecule has 0 aliphatic heterocycles. The molecule has 2 aliphatic carbocycles. The average molecular weight is 540 g/mol. The van der Waals surface area contributed by atoms with E-state index in [1.165, 1.54) is 0 Å². The van der Waals surface area contributed by atoms with Crippen LogP contribution in [0.15, 0.2) is 46.2 Å². The van der Waals surface area contributed by atoms with Gasteiger partial charge in [-0.1, -0.05) is 0 Å². The summed E-state index contributed by atoms with van der Waals surface area (Å²) >= 11 is 0. The molecule has 1 atom stereocenters. The zero-order chi connectivity index (χ0) is 27.6. The van der Waals surface area contributed by atoms with Crippen LogP contribution in [-0.2, 0) is 32.1 Å². The zero-order valence-electron chi connectivity index (χ0n) is 22.9. The van der Waals surface area contributed by atoms with Crippen molar-refractivity contribution in [1.29, 1.82) is 0 Å². The van der Waals surface area contributed by atoms with E-state index in [9.17, 15) is 9.59 Å². The minimum absolute atomic E-state index is 0.0516. The molecule has 0 fully saturated rings. The maximum Gasteiger partial charge on any atom is 0.254 e. The molecule has 0 saturated heterocycles.